The maximum absolute atomic E-state index is 14.0. The molecule has 1 aromatic heterocycles. The number of halogens is 6. The van der Waals surface area contributed by atoms with Crippen LogP contribution in [-0.4, -0.2) is 65.5 Å². The van der Waals surface area contributed by atoms with Crippen LogP contribution in [0.25, 0.3) is 11.3 Å². The second kappa shape index (κ2) is 11.9. The SMILES string of the molecule is Cc1ccc(C(O)(C(=O)NOC(=O)C(F)(F)F)C(F)(F)F)cc1-c1cnc(N)c(N2CCN(c3ccccc3C#N)CC2)n1. The fourth-order valence-corrected chi connectivity index (χ4v) is 4.53. The number of hydrogen-bond donors (Lipinski definition) is 3. The number of amides is 1. The van der Waals surface area contributed by atoms with E-state index >= 15 is 0 Å². The number of para-hydroxylation sites is 1. The van der Waals surface area contributed by atoms with Crippen LogP contribution in [0.15, 0.2) is 48.7 Å². The van der Waals surface area contributed by atoms with Crippen LogP contribution in [0.3, 0.4) is 0 Å². The van der Waals surface area contributed by atoms with E-state index in [-0.39, 0.29) is 22.9 Å². The molecule has 2 aromatic carbocycles. The average Bonchev–Trinajstić information content (AvgIpc) is 2.98. The summed E-state index contributed by atoms with van der Waals surface area (Å²) in [6.07, 6.45) is -10.2. The zero-order chi connectivity index (χ0) is 32.4. The highest BCUT2D eigenvalue weighted by atomic mass is 19.4. The van der Waals surface area contributed by atoms with Gasteiger partial charge in [-0.2, -0.15) is 37.1 Å². The molecule has 1 fully saturated rings. The summed E-state index contributed by atoms with van der Waals surface area (Å²) >= 11 is 0. The number of nitrogen functional groups attached to an aromatic ring is 1. The van der Waals surface area contributed by atoms with Crippen molar-refractivity contribution in [1.82, 2.24) is 15.4 Å². The van der Waals surface area contributed by atoms with Crippen LogP contribution in [0.5, 0.6) is 0 Å². The molecular weight excluding hydrogens is 600 g/mol. The van der Waals surface area contributed by atoms with E-state index in [1.807, 2.05) is 17.0 Å². The number of hydroxylamine groups is 1. The van der Waals surface area contributed by atoms with Gasteiger partial charge in [-0.1, -0.05) is 24.3 Å². The molecule has 4 N–H and O–H groups in total. The van der Waals surface area contributed by atoms with Gasteiger partial charge in [-0.3, -0.25) is 4.79 Å². The Morgan fingerprint density at radius 2 is 1.68 bits per heavy atom. The second-order valence-electron chi connectivity index (χ2n) is 9.62. The van der Waals surface area contributed by atoms with Gasteiger partial charge in [0.1, 0.15) is 6.07 Å². The molecule has 232 valence electrons. The summed E-state index contributed by atoms with van der Waals surface area (Å²) in [6, 6.07) is 11.9. The van der Waals surface area contributed by atoms with Crippen LogP contribution < -0.4 is 21.0 Å². The van der Waals surface area contributed by atoms with Crippen molar-refractivity contribution in [1.29, 1.82) is 5.26 Å². The maximum Gasteiger partial charge on any atom is 0.493 e. The standard InChI is InChI=1S/C27H23F6N7O4/c1-15-6-7-17(25(43,27(31,32)33)23(41)38-44-24(42)26(28,29)30)12-18(15)19-14-36-21(35)22(37-19)40-10-8-39(9-11-40)20-5-3-2-4-16(20)13-34/h2-7,12,14,43H,8-11H2,1H3,(H2,35,36)(H,38,41). The summed E-state index contributed by atoms with van der Waals surface area (Å²) in [5, 5.41) is 19.9. The van der Waals surface area contributed by atoms with Gasteiger partial charge in [0.15, 0.2) is 11.6 Å². The summed E-state index contributed by atoms with van der Waals surface area (Å²) in [6.45, 7) is 3.24. The highest BCUT2D eigenvalue weighted by Crippen LogP contribution is 2.41. The largest absolute Gasteiger partial charge is 0.493 e. The number of aliphatic hydroxyl groups is 1. The molecule has 3 aromatic rings. The van der Waals surface area contributed by atoms with Crippen LogP contribution in [-0.2, 0) is 20.0 Å². The van der Waals surface area contributed by atoms with Crippen molar-refractivity contribution in [3.05, 3.63) is 65.4 Å². The van der Waals surface area contributed by atoms with E-state index < -0.39 is 35.4 Å². The summed E-state index contributed by atoms with van der Waals surface area (Å²) in [7, 11) is 0. The second-order valence-corrected chi connectivity index (χ2v) is 9.62. The monoisotopic (exact) mass is 623 g/mol. The van der Waals surface area contributed by atoms with Crippen molar-refractivity contribution in [3.63, 3.8) is 0 Å². The van der Waals surface area contributed by atoms with Crippen LogP contribution in [0.1, 0.15) is 16.7 Å². The molecule has 1 saturated heterocycles. The van der Waals surface area contributed by atoms with Gasteiger partial charge in [-0.15, -0.1) is 0 Å². The Balaban J connectivity index is 1.63. The van der Waals surface area contributed by atoms with Crippen molar-refractivity contribution < 1.29 is 45.9 Å². The molecular formula is C27H23F6N7O4. The molecule has 1 amide bonds. The Bertz CT molecular complexity index is 1620. The number of aryl methyl sites for hydroxylation is 1. The van der Waals surface area contributed by atoms with Crippen molar-refractivity contribution in [3.8, 4) is 17.3 Å². The molecule has 11 nitrogen and oxygen atoms in total. The minimum atomic E-state index is -5.77. The van der Waals surface area contributed by atoms with E-state index in [2.05, 4.69) is 20.9 Å². The number of carbonyl (C=O) groups is 2. The number of nitrogens with one attached hydrogen (secondary N) is 1. The van der Waals surface area contributed by atoms with Gasteiger partial charge in [-0.25, -0.2) is 14.8 Å². The van der Waals surface area contributed by atoms with Crippen molar-refractivity contribution in [2.24, 2.45) is 0 Å². The molecule has 17 heteroatoms. The van der Waals surface area contributed by atoms with Crippen LogP contribution >= 0.6 is 0 Å². The number of nitrogens with zero attached hydrogens (tertiary/aromatic N) is 5. The molecule has 4 rings (SSSR count). The van der Waals surface area contributed by atoms with Gasteiger partial charge in [-0.05, 0) is 30.7 Å². The first kappa shape index (κ1) is 31.8. The number of nitriles is 1. The number of benzene rings is 2. The molecule has 0 spiro atoms. The highest BCUT2D eigenvalue weighted by molar-refractivity contribution is 5.88. The Kier molecular flexibility index (Phi) is 8.59. The summed E-state index contributed by atoms with van der Waals surface area (Å²) in [5.74, 6) is -5.26. The minimum absolute atomic E-state index is 0.0132. The minimum Gasteiger partial charge on any atom is -0.381 e. The molecule has 1 aliphatic rings. The van der Waals surface area contributed by atoms with Gasteiger partial charge in [0.25, 0.3) is 11.5 Å². The van der Waals surface area contributed by atoms with E-state index in [0.717, 1.165) is 29.4 Å². The van der Waals surface area contributed by atoms with Crippen LogP contribution in [0, 0.1) is 18.3 Å². The normalized spacial score (nSPS) is 15.2. The predicted octanol–water partition coefficient (Wildman–Crippen LogP) is 3.12. The molecule has 2 heterocycles. The van der Waals surface area contributed by atoms with E-state index in [1.165, 1.54) is 13.1 Å². The van der Waals surface area contributed by atoms with Gasteiger partial charge >= 0.3 is 18.3 Å². The van der Waals surface area contributed by atoms with Crippen molar-refractivity contribution in [2.45, 2.75) is 24.9 Å². The number of piperazine rings is 1. The molecule has 0 bridgehead atoms. The van der Waals surface area contributed by atoms with E-state index in [1.54, 1.807) is 17.0 Å². The topological polar surface area (TPSA) is 158 Å². The number of carbonyl (C=O) groups excluding carboxylic acids is 2. The molecule has 1 aliphatic heterocycles. The van der Waals surface area contributed by atoms with E-state index in [9.17, 15) is 46.3 Å². The lowest BCUT2D eigenvalue weighted by molar-refractivity contribution is -0.262. The zero-order valence-electron chi connectivity index (χ0n) is 22.7. The molecule has 44 heavy (non-hydrogen) atoms. The van der Waals surface area contributed by atoms with Crippen molar-refractivity contribution in [2.75, 3.05) is 41.7 Å². The Labute approximate surface area is 245 Å². The number of alkyl halides is 6. The first-order valence-corrected chi connectivity index (χ1v) is 12.7. The smallest absolute Gasteiger partial charge is 0.381 e. The Morgan fingerprint density at radius 1 is 1.05 bits per heavy atom. The lowest BCUT2D eigenvalue weighted by Crippen LogP contribution is -2.55. The third kappa shape index (κ3) is 6.15. The maximum atomic E-state index is 14.0. The quantitative estimate of drug-likeness (QED) is 0.285. The fraction of sp³-hybridized carbons (Fsp3) is 0.296. The van der Waals surface area contributed by atoms with Gasteiger partial charge in [0.05, 0.1) is 23.1 Å². The van der Waals surface area contributed by atoms with E-state index in [4.69, 9.17) is 5.73 Å². The summed E-state index contributed by atoms with van der Waals surface area (Å²) < 4.78 is 79.4. The van der Waals surface area contributed by atoms with Crippen LogP contribution in [0.4, 0.5) is 43.7 Å². The summed E-state index contributed by atoms with van der Waals surface area (Å²) in [4.78, 5) is 39.1. The number of rotatable bonds is 5. The number of hydrogen-bond acceptors (Lipinski definition) is 10. The number of anilines is 3. The van der Waals surface area contributed by atoms with Crippen LogP contribution in [0.2, 0.25) is 0 Å². The molecule has 0 radical (unpaired) electrons. The van der Waals surface area contributed by atoms with Gasteiger partial charge in [0.2, 0.25) is 0 Å². The lowest BCUT2D eigenvalue weighted by Gasteiger charge is -2.37. The molecule has 0 saturated carbocycles. The third-order valence-electron chi connectivity index (χ3n) is 6.86. The van der Waals surface area contributed by atoms with Gasteiger partial charge in [0, 0.05) is 37.3 Å². The average molecular weight is 624 g/mol. The molecule has 1 unspecified atom stereocenters. The Hall–Kier alpha value is -5.11. The van der Waals surface area contributed by atoms with Gasteiger partial charge < -0.3 is 25.5 Å². The fourth-order valence-electron chi connectivity index (χ4n) is 4.53. The molecule has 1 atom stereocenters. The van der Waals surface area contributed by atoms with Crippen molar-refractivity contribution >= 4 is 29.2 Å². The first-order chi connectivity index (χ1) is 20.6. The predicted molar refractivity (Wildman–Crippen MR) is 142 cm³/mol. The molecule has 0 aliphatic carbocycles. The zero-order valence-corrected chi connectivity index (χ0v) is 22.7. The highest BCUT2D eigenvalue weighted by Gasteiger charge is 2.61. The number of nitrogens with two attached hydrogens (primary N) is 1. The first-order valence-electron chi connectivity index (χ1n) is 12.7. The lowest BCUT2D eigenvalue weighted by atomic mass is 9.89. The Morgan fingerprint density at radius 3 is 2.30 bits per heavy atom. The number of aromatic nitrogens is 2. The third-order valence-corrected chi connectivity index (χ3v) is 6.86. The van der Waals surface area contributed by atoms with E-state index in [0.29, 0.717) is 37.3 Å². The summed E-state index contributed by atoms with van der Waals surface area (Å²) in [5.41, 5.74) is 2.88.